The standard InChI is InChI=1S/C11H14N2O4/c1-5-4-13(11(16)12-9(5)15)10-6(2)8(14)7(3)17-10/h4,6,8,10,14H,3H2,1-2H3,(H,12,15,16). The molecule has 0 aliphatic carbocycles. The number of nitrogens with one attached hydrogen (secondary N) is 1. The molecule has 17 heavy (non-hydrogen) atoms. The molecule has 1 aromatic rings. The third kappa shape index (κ3) is 1.80. The van der Waals surface area contributed by atoms with Gasteiger partial charge in [-0.1, -0.05) is 13.5 Å². The van der Waals surface area contributed by atoms with Gasteiger partial charge in [0.15, 0.2) is 6.23 Å². The number of H-pyrrole nitrogens is 1. The van der Waals surface area contributed by atoms with E-state index in [4.69, 9.17) is 4.74 Å². The van der Waals surface area contributed by atoms with Crippen LogP contribution in [0.5, 0.6) is 0 Å². The largest absolute Gasteiger partial charge is 0.472 e. The first-order valence-corrected chi connectivity index (χ1v) is 5.27. The summed E-state index contributed by atoms with van der Waals surface area (Å²) in [5.41, 5.74) is -0.567. The normalized spacial score (nSPS) is 28.2. The van der Waals surface area contributed by atoms with Crippen LogP contribution < -0.4 is 11.2 Å². The van der Waals surface area contributed by atoms with Crippen LogP contribution in [0.4, 0.5) is 0 Å². The van der Waals surface area contributed by atoms with Gasteiger partial charge in [-0.25, -0.2) is 4.79 Å². The Kier molecular flexibility index (Phi) is 2.66. The minimum atomic E-state index is -0.806. The number of aliphatic hydroxyl groups is 1. The molecule has 1 aromatic heterocycles. The summed E-state index contributed by atoms with van der Waals surface area (Å²) in [5.74, 6) is -0.0660. The van der Waals surface area contributed by atoms with Gasteiger partial charge in [-0.3, -0.25) is 14.3 Å². The highest BCUT2D eigenvalue weighted by Crippen LogP contribution is 2.34. The molecule has 1 aliphatic rings. The van der Waals surface area contributed by atoms with Gasteiger partial charge in [0, 0.05) is 17.7 Å². The van der Waals surface area contributed by atoms with Gasteiger partial charge in [-0.2, -0.15) is 0 Å². The Bertz CT molecular complexity index is 572. The maximum atomic E-state index is 11.7. The molecule has 0 amide bonds. The number of aryl methyl sites for hydroxylation is 1. The van der Waals surface area contributed by atoms with E-state index >= 15 is 0 Å². The van der Waals surface area contributed by atoms with Crippen molar-refractivity contribution in [3.8, 4) is 0 Å². The minimum Gasteiger partial charge on any atom is -0.472 e. The molecule has 2 heterocycles. The monoisotopic (exact) mass is 238 g/mol. The molecule has 1 aliphatic heterocycles. The molecule has 2 rings (SSSR count). The lowest BCUT2D eigenvalue weighted by atomic mass is 10.1. The lowest BCUT2D eigenvalue weighted by Gasteiger charge is -2.17. The van der Waals surface area contributed by atoms with E-state index < -0.39 is 23.6 Å². The molecule has 0 bridgehead atoms. The van der Waals surface area contributed by atoms with Gasteiger partial charge in [0.25, 0.3) is 5.56 Å². The summed E-state index contributed by atoms with van der Waals surface area (Å²) in [6.07, 6.45) is -0.0205. The molecule has 0 aromatic carbocycles. The van der Waals surface area contributed by atoms with Crippen LogP contribution in [0.2, 0.25) is 0 Å². The van der Waals surface area contributed by atoms with Gasteiger partial charge in [-0.05, 0) is 6.92 Å². The van der Waals surface area contributed by atoms with Crippen LogP contribution in [0, 0.1) is 12.8 Å². The van der Waals surface area contributed by atoms with E-state index in [9.17, 15) is 14.7 Å². The van der Waals surface area contributed by atoms with Crippen molar-refractivity contribution in [1.82, 2.24) is 9.55 Å². The summed E-state index contributed by atoms with van der Waals surface area (Å²) in [4.78, 5) is 25.1. The van der Waals surface area contributed by atoms with Crippen LogP contribution in [0.3, 0.4) is 0 Å². The summed E-state index contributed by atoms with van der Waals surface area (Å²) in [7, 11) is 0. The Labute approximate surface area is 97.2 Å². The molecule has 6 heteroatoms. The Balaban J connectivity index is 2.49. The second kappa shape index (κ2) is 3.89. The van der Waals surface area contributed by atoms with E-state index in [2.05, 4.69) is 11.6 Å². The molecular weight excluding hydrogens is 224 g/mol. The zero-order chi connectivity index (χ0) is 12.7. The fourth-order valence-corrected chi connectivity index (χ4v) is 1.87. The third-order valence-electron chi connectivity index (χ3n) is 2.97. The minimum absolute atomic E-state index is 0.234. The first kappa shape index (κ1) is 11.7. The summed E-state index contributed by atoms with van der Waals surface area (Å²) in [5, 5.41) is 9.70. The van der Waals surface area contributed by atoms with Crippen molar-refractivity contribution in [2.75, 3.05) is 0 Å². The molecule has 0 spiro atoms. The predicted octanol–water partition coefficient (Wildman–Crippen LogP) is -0.115. The zero-order valence-electron chi connectivity index (χ0n) is 9.64. The van der Waals surface area contributed by atoms with Crippen molar-refractivity contribution in [2.24, 2.45) is 5.92 Å². The van der Waals surface area contributed by atoms with Gasteiger partial charge in [0.2, 0.25) is 0 Å². The number of aromatic nitrogens is 2. The fraction of sp³-hybridized carbons (Fsp3) is 0.455. The third-order valence-corrected chi connectivity index (χ3v) is 2.97. The maximum absolute atomic E-state index is 11.7. The van der Waals surface area contributed by atoms with E-state index in [1.807, 2.05) is 0 Å². The first-order valence-electron chi connectivity index (χ1n) is 5.27. The molecule has 0 radical (unpaired) electrons. The Morgan fingerprint density at radius 2 is 2.18 bits per heavy atom. The second-order valence-corrected chi connectivity index (χ2v) is 4.26. The van der Waals surface area contributed by atoms with Gasteiger partial charge >= 0.3 is 5.69 Å². The lowest BCUT2D eigenvalue weighted by Crippen LogP contribution is -2.35. The highest BCUT2D eigenvalue weighted by molar-refractivity contribution is 5.06. The van der Waals surface area contributed by atoms with Crippen LogP contribution in [-0.4, -0.2) is 20.8 Å². The van der Waals surface area contributed by atoms with E-state index in [1.54, 1.807) is 13.8 Å². The smallest absolute Gasteiger partial charge is 0.331 e. The molecule has 0 saturated carbocycles. The van der Waals surface area contributed by atoms with Crippen molar-refractivity contribution < 1.29 is 9.84 Å². The van der Waals surface area contributed by atoms with E-state index in [-0.39, 0.29) is 11.7 Å². The lowest BCUT2D eigenvalue weighted by molar-refractivity contribution is 0.0627. The number of hydrogen-bond donors (Lipinski definition) is 2. The second-order valence-electron chi connectivity index (χ2n) is 4.26. The van der Waals surface area contributed by atoms with Crippen LogP contribution in [-0.2, 0) is 4.74 Å². The van der Waals surface area contributed by atoms with Crippen molar-refractivity contribution in [3.63, 3.8) is 0 Å². The van der Waals surface area contributed by atoms with Crippen LogP contribution in [0.15, 0.2) is 28.1 Å². The first-order chi connectivity index (χ1) is 7.91. The molecule has 6 nitrogen and oxygen atoms in total. The van der Waals surface area contributed by atoms with E-state index in [0.717, 1.165) is 0 Å². The Morgan fingerprint density at radius 3 is 2.71 bits per heavy atom. The summed E-state index contributed by atoms with van der Waals surface area (Å²) < 4.78 is 6.61. The van der Waals surface area contributed by atoms with E-state index in [0.29, 0.717) is 5.56 Å². The molecule has 1 fully saturated rings. The summed E-state index contributed by atoms with van der Waals surface area (Å²) in [6.45, 7) is 6.92. The number of aromatic amines is 1. The van der Waals surface area contributed by atoms with Crippen molar-refractivity contribution in [3.05, 3.63) is 44.9 Å². The number of ether oxygens (including phenoxy) is 1. The van der Waals surface area contributed by atoms with Crippen molar-refractivity contribution in [1.29, 1.82) is 0 Å². The van der Waals surface area contributed by atoms with Crippen LogP contribution >= 0.6 is 0 Å². The summed E-state index contributed by atoms with van der Waals surface area (Å²) in [6, 6.07) is 0. The molecule has 92 valence electrons. The SMILES string of the molecule is C=C1OC(n2cc(C)c(=O)[nH]c2=O)C(C)C1O. The average Bonchev–Trinajstić information content (AvgIpc) is 2.51. The molecule has 2 N–H and O–H groups in total. The van der Waals surface area contributed by atoms with Crippen LogP contribution in [0.1, 0.15) is 18.7 Å². The molecule has 1 saturated heterocycles. The molecule has 3 atom stereocenters. The van der Waals surface area contributed by atoms with Gasteiger partial charge in [0.1, 0.15) is 11.9 Å². The van der Waals surface area contributed by atoms with Crippen molar-refractivity contribution in [2.45, 2.75) is 26.2 Å². The highest BCUT2D eigenvalue weighted by atomic mass is 16.5. The summed E-state index contributed by atoms with van der Waals surface area (Å²) >= 11 is 0. The van der Waals surface area contributed by atoms with Crippen LogP contribution in [0.25, 0.3) is 0 Å². The predicted molar refractivity (Wildman–Crippen MR) is 60.5 cm³/mol. The maximum Gasteiger partial charge on any atom is 0.331 e. The highest BCUT2D eigenvalue weighted by Gasteiger charge is 2.38. The average molecular weight is 238 g/mol. The zero-order valence-corrected chi connectivity index (χ0v) is 9.64. The van der Waals surface area contributed by atoms with E-state index in [1.165, 1.54) is 10.8 Å². The fourth-order valence-electron chi connectivity index (χ4n) is 1.87. The van der Waals surface area contributed by atoms with Gasteiger partial charge < -0.3 is 9.84 Å². The number of rotatable bonds is 1. The Morgan fingerprint density at radius 1 is 1.53 bits per heavy atom. The Hall–Kier alpha value is -1.82. The van der Waals surface area contributed by atoms with Gasteiger partial charge in [0.05, 0.1) is 0 Å². The number of nitrogens with zero attached hydrogens (tertiary/aromatic N) is 1. The number of aliphatic hydroxyl groups excluding tert-OH is 1. The quantitative estimate of drug-likeness (QED) is 0.714. The number of hydrogen-bond acceptors (Lipinski definition) is 4. The molecule has 3 unspecified atom stereocenters. The molecular formula is C11H14N2O4. The van der Waals surface area contributed by atoms with Gasteiger partial charge in [-0.15, -0.1) is 0 Å². The van der Waals surface area contributed by atoms with Crippen molar-refractivity contribution >= 4 is 0 Å². The topological polar surface area (TPSA) is 84.3 Å².